The van der Waals surface area contributed by atoms with E-state index in [9.17, 15) is 4.79 Å². The molecule has 1 aromatic rings. The molecule has 1 saturated carbocycles. The normalized spacial score (nSPS) is 17.4. The van der Waals surface area contributed by atoms with Crippen molar-refractivity contribution < 1.29 is 14.6 Å². The zero-order valence-electron chi connectivity index (χ0n) is 11.6. The minimum atomic E-state index is -0.422. The second-order valence-electron chi connectivity index (χ2n) is 5.21. The number of rotatable bonds is 4. The van der Waals surface area contributed by atoms with Gasteiger partial charge < -0.3 is 0 Å². The summed E-state index contributed by atoms with van der Waals surface area (Å²) in [6, 6.07) is 7.31. The van der Waals surface area contributed by atoms with E-state index in [2.05, 4.69) is 6.92 Å². The van der Waals surface area contributed by atoms with Crippen LogP contribution in [-0.4, -0.2) is 5.97 Å². The van der Waals surface area contributed by atoms with Gasteiger partial charge >= 0.3 is 5.97 Å². The second kappa shape index (κ2) is 6.71. The molecule has 2 rings (SSSR count). The summed E-state index contributed by atoms with van der Waals surface area (Å²) in [4.78, 5) is 21.9. The van der Waals surface area contributed by atoms with E-state index in [0.29, 0.717) is 5.56 Å². The monoisotopic (exact) mass is 261 g/mol. The van der Waals surface area contributed by atoms with E-state index in [1.54, 1.807) is 12.1 Å². The van der Waals surface area contributed by atoms with Crippen molar-refractivity contribution in [2.45, 2.75) is 46.0 Å². The Morgan fingerprint density at radius 2 is 2.05 bits per heavy atom. The summed E-state index contributed by atoms with van der Waals surface area (Å²) in [6.45, 7) is 4.16. The molecule has 1 fully saturated rings. The fourth-order valence-corrected chi connectivity index (χ4v) is 2.41. The van der Waals surface area contributed by atoms with Crippen molar-refractivity contribution in [2.75, 3.05) is 0 Å². The van der Waals surface area contributed by atoms with Gasteiger partial charge in [-0.25, -0.2) is 4.79 Å². The molecule has 0 bridgehead atoms. The van der Waals surface area contributed by atoms with E-state index < -0.39 is 5.97 Å². The lowest BCUT2D eigenvalue weighted by atomic mass is 9.86. The average molecular weight is 261 g/mol. The molecule has 1 aromatic carbocycles. The van der Waals surface area contributed by atoms with Gasteiger partial charge in [0.2, 0.25) is 0 Å². The lowest BCUT2D eigenvalue weighted by molar-refractivity contribution is -0.240. The minimum absolute atomic E-state index is 0.422. The lowest BCUT2D eigenvalue weighted by Crippen LogP contribution is -2.17. The Kier molecular flexibility index (Phi) is 4.97. The Bertz CT molecular complexity index is 420. The van der Waals surface area contributed by atoms with Gasteiger partial charge in [-0.15, -0.1) is 0 Å². The first-order chi connectivity index (χ1) is 9.19. The summed E-state index contributed by atoms with van der Waals surface area (Å²) < 4.78 is 0. The molecule has 0 saturated heterocycles. The van der Waals surface area contributed by atoms with Gasteiger partial charge in [0.15, 0.2) is 0 Å². The Morgan fingerprint density at radius 1 is 1.32 bits per heavy atom. The van der Waals surface area contributed by atoms with Crippen LogP contribution in [0.3, 0.4) is 0 Å². The van der Waals surface area contributed by atoms with Crippen molar-refractivity contribution >= 4 is 5.97 Å². The van der Waals surface area contributed by atoms with Crippen LogP contribution in [0.2, 0.25) is 0 Å². The maximum absolute atomic E-state index is 11.8. The minimum Gasteiger partial charge on any atom is -0.292 e. The summed E-state index contributed by atoms with van der Waals surface area (Å²) in [5.74, 6) is 0.369. The van der Waals surface area contributed by atoms with E-state index in [1.165, 1.54) is 6.42 Å². The van der Waals surface area contributed by atoms with Crippen LogP contribution in [-0.2, 0) is 9.78 Å². The fraction of sp³-hybridized carbons (Fsp3) is 0.500. The van der Waals surface area contributed by atoms with E-state index in [1.807, 2.05) is 19.1 Å². The van der Waals surface area contributed by atoms with Crippen molar-refractivity contribution in [3.63, 3.8) is 0 Å². The first kappa shape index (κ1) is 14.1. The zero-order chi connectivity index (χ0) is 13.7. The molecule has 3 nitrogen and oxygen atoms in total. The Morgan fingerprint density at radius 3 is 2.68 bits per heavy atom. The number of hydrogen-bond acceptors (Lipinski definition) is 3. The van der Waals surface area contributed by atoms with Crippen LogP contribution in [0.25, 0.3) is 0 Å². The molecule has 0 aliphatic heterocycles. The Hall–Kier alpha value is -1.35. The van der Waals surface area contributed by atoms with Crippen LogP contribution >= 0.6 is 0 Å². The molecule has 1 radical (unpaired) electrons. The van der Waals surface area contributed by atoms with Gasteiger partial charge in [0, 0.05) is 0 Å². The molecule has 1 aliphatic carbocycles. The van der Waals surface area contributed by atoms with Crippen LogP contribution in [0.4, 0.5) is 0 Å². The highest BCUT2D eigenvalue weighted by atomic mass is 17.2. The van der Waals surface area contributed by atoms with Gasteiger partial charge in [0.05, 0.1) is 5.56 Å². The molecule has 0 heterocycles. The van der Waals surface area contributed by atoms with Gasteiger partial charge in [-0.3, -0.25) is 4.89 Å². The van der Waals surface area contributed by atoms with Crippen LogP contribution in [0.15, 0.2) is 24.3 Å². The largest absolute Gasteiger partial charge is 0.373 e. The van der Waals surface area contributed by atoms with Crippen LogP contribution < -0.4 is 0 Å². The number of hydrogen-bond donors (Lipinski definition) is 0. The topological polar surface area (TPSA) is 35.5 Å². The standard InChI is InChI=1S/C16H21O3/c1-3-13-7-9-15(10-8-13)18-19-16(17)14-6-4-5-12(2)11-14/h4-6,11,13H,3,7-10H2,1-2H3. The summed E-state index contributed by atoms with van der Waals surface area (Å²) in [5.41, 5.74) is 1.56. The number of carbonyl (C=O) groups excluding carboxylic acids is 1. The van der Waals surface area contributed by atoms with Crippen LogP contribution in [0.1, 0.15) is 54.9 Å². The smallest absolute Gasteiger partial charge is 0.292 e. The number of aryl methyl sites for hydroxylation is 1. The third-order valence-electron chi connectivity index (χ3n) is 3.73. The molecule has 0 N–H and O–H groups in total. The summed E-state index contributed by atoms with van der Waals surface area (Å²) in [7, 11) is 0. The highest BCUT2D eigenvalue weighted by molar-refractivity contribution is 5.89. The maximum atomic E-state index is 11.8. The SMILES string of the molecule is CCC1CC[C](OOC(=O)c2cccc(C)c2)CC1. The quantitative estimate of drug-likeness (QED) is 0.601. The van der Waals surface area contributed by atoms with Gasteiger partial charge in [-0.2, -0.15) is 4.89 Å². The molecule has 103 valence electrons. The van der Waals surface area contributed by atoms with Crippen molar-refractivity contribution in [1.29, 1.82) is 0 Å². The predicted molar refractivity (Wildman–Crippen MR) is 73.2 cm³/mol. The van der Waals surface area contributed by atoms with Gasteiger partial charge in [-0.1, -0.05) is 31.0 Å². The summed E-state index contributed by atoms with van der Waals surface area (Å²) >= 11 is 0. The van der Waals surface area contributed by atoms with Crippen LogP contribution in [0, 0.1) is 18.9 Å². The number of benzene rings is 1. The fourth-order valence-electron chi connectivity index (χ4n) is 2.41. The Labute approximate surface area is 114 Å². The highest BCUT2D eigenvalue weighted by Gasteiger charge is 2.23. The van der Waals surface area contributed by atoms with Crippen molar-refractivity contribution in [3.05, 3.63) is 41.5 Å². The van der Waals surface area contributed by atoms with Gasteiger partial charge in [0.25, 0.3) is 0 Å². The van der Waals surface area contributed by atoms with E-state index in [4.69, 9.17) is 9.78 Å². The molecule has 0 spiro atoms. The Balaban J connectivity index is 1.78. The van der Waals surface area contributed by atoms with Crippen molar-refractivity contribution in [3.8, 4) is 0 Å². The molecule has 19 heavy (non-hydrogen) atoms. The van der Waals surface area contributed by atoms with E-state index >= 15 is 0 Å². The third-order valence-corrected chi connectivity index (χ3v) is 3.73. The number of carbonyl (C=O) groups is 1. The zero-order valence-corrected chi connectivity index (χ0v) is 11.6. The average Bonchev–Trinajstić information content (AvgIpc) is 2.45. The third kappa shape index (κ3) is 4.06. The predicted octanol–water partition coefficient (Wildman–Crippen LogP) is 4.22. The molecular weight excluding hydrogens is 240 g/mol. The van der Waals surface area contributed by atoms with Crippen LogP contribution in [0.5, 0.6) is 0 Å². The van der Waals surface area contributed by atoms with Gasteiger partial charge in [0.1, 0.15) is 6.10 Å². The maximum Gasteiger partial charge on any atom is 0.373 e. The summed E-state index contributed by atoms with van der Waals surface area (Å²) in [5, 5.41) is 0. The molecule has 0 atom stereocenters. The lowest BCUT2D eigenvalue weighted by Gasteiger charge is -2.25. The molecule has 3 heteroatoms. The van der Waals surface area contributed by atoms with E-state index in [-0.39, 0.29) is 0 Å². The molecular formula is C16H21O3. The first-order valence-corrected chi connectivity index (χ1v) is 6.99. The molecule has 0 aromatic heterocycles. The molecule has 1 aliphatic rings. The highest BCUT2D eigenvalue weighted by Crippen LogP contribution is 2.32. The molecule has 0 unspecified atom stereocenters. The summed E-state index contributed by atoms with van der Waals surface area (Å²) in [6.07, 6.45) is 6.18. The second-order valence-corrected chi connectivity index (χ2v) is 5.21. The molecule has 0 amide bonds. The van der Waals surface area contributed by atoms with Crippen molar-refractivity contribution in [1.82, 2.24) is 0 Å². The first-order valence-electron chi connectivity index (χ1n) is 6.99. The van der Waals surface area contributed by atoms with E-state index in [0.717, 1.165) is 43.3 Å². The van der Waals surface area contributed by atoms with Crippen molar-refractivity contribution in [2.24, 2.45) is 5.92 Å². The van der Waals surface area contributed by atoms with Gasteiger partial charge in [-0.05, 0) is 50.7 Å².